The first kappa shape index (κ1) is 14.5. The normalized spacial score (nSPS) is 18.5. The Morgan fingerprint density at radius 3 is 2.57 bits per heavy atom. The smallest absolute Gasteiger partial charge is 0.151 e. The molecule has 1 N–H and O–H groups in total. The summed E-state index contributed by atoms with van der Waals surface area (Å²) in [6, 6.07) is 5.66. The lowest BCUT2D eigenvalue weighted by Crippen LogP contribution is -2.45. The van der Waals surface area contributed by atoms with Crippen molar-refractivity contribution in [3.8, 4) is 0 Å². The summed E-state index contributed by atoms with van der Waals surface area (Å²) in [5.74, 6) is 0.729. The second-order valence-corrected chi connectivity index (χ2v) is 6.00. The summed E-state index contributed by atoms with van der Waals surface area (Å²) < 4.78 is 16.2. The summed E-state index contributed by atoms with van der Waals surface area (Å²) in [5.41, 5.74) is 1.38. The largest absolute Gasteiger partial charge is 0.324 e. The van der Waals surface area contributed by atoms with Crippen molar-refractivity contribution < 1.29 is 4.39 Å². The molecule has 114 valence electrons. The number of rotatable bonds is 3. The second-order valence-electron chi connectivity index (χ2n) is 6.00. The average molecular weight is 290 g/mol. The highest BCUT2D eigenvalue weighted by atomic mass is 19.1. The molecule has 1 aliphatic heterocycles. The molecular weight excluding hydrogens is 267 g/mol. The van der Waals surface area contributed by atoms with Gasteiger partial charge in [0.25, 0.3) is 0 Å². The van der Waals surface area contributed by atoms with Crippen LogP contribution >= 0.6 is 0 Å². The maximum atomic E-state index is 14.0. The van der Waals surface area contributed by atoms with Crippen LogP contribution < -0.4 is 5.32 Å². The number of para-hydroxylation sites is 1. The highest BCUT2D eigenvalue weighted by Crippen LogP contribution is 2.29. The summed E-state index contributed by atoms with van der Waals surface area (Å²) in [6.45, 7) is 10.4. The van der Waals surface area contributed by atoms with Gasteiger partial charge in [-0.15, -0.1) is 0 Å². The minimum absolute atomic E-state index is 0.196. The van der Waals surface area contributed by atoms with Crippen molar-refractivity contribution >= 4 is 11.0 Å². The molecule has 3 rings (SSSR count). The van der Waals surface area contributed by atoms with Crippen LogP contribution in [0.1, 0.15) is 38.7 Å². The Morgan fingerprint density at radius 1 is 1.19 bits per heavy atom. The number of nitrogens with one attached hydrogen (secondary N) is 1. The van der Waals surface area contributed by atoms with Crippen LogP contribution in [0.3, 0.4) is 0 Å². The van der Waals surface area contributed by atoms with Crippen molar-refractivity contribution in [1.29, 1.82) is 0 Å². The van der Waals surface area contributed by atoms with E-state index in [-0.39, 0.29) is 17.9 Å². The van der Waals surface area contributed by atoms with Gasteiger partial charge in [-0.25, -0.2) is 9.37 Å². The molecular formula is C16H23FN4. The number of halogens is 1. The molecule has 0 radical (unpaired) electrons. The van der Waals surface area contributed by atoms with E-state index in [1.165, 1.54) is 6.07 Å². The third-order valence-electron chi connectivity index (χ3n) is 4.29. The van der Waals surface area contributed by atoms with Crippen LogP contribution in [0.25, 0.3) is 11.0 Å². The van der Waals surface area contributed by atoms with Gasteiger partial charge in [-0.05, 0) is 32.9 Å². The lowest BCUT2D eigenvalue weighted by Gasteiger charge is -2.33. The number of aromatic nitrogens is 2. The third kappa shape index (κ3) is 2.56. The van der Waals surface area contributed by atoms with Crippen LogP contribution in [0.4, 0.5) is 4.39 Å². The van der Waals surface area contributed by atoms with Crippen LogP contribution in [0.2, 0.25) is 0 Å². The standard InChI is InChI=1S/C16H23FN4/c1-11(2)21-14-6-4-5-13(17)15(14)19-16(21)12(3)20-9-7-18-8-10-20/h4-6,11-12,18H,7-10H2,1-3H3. The number of hydrogen-bond acceptors (Lipinski definition) is 3. The van der Waals surface area contributed by atoms with E-state index in [0.29, 0.717) is 5.52 Å². The molecule has 1 aromatic heterocycles. The first-order valence-electron chi connectivity index (χ1n) is 7.70. The fraction of sp³-hybridized carbons (Fsp3) is 0.562. The Hall–Kier alpha value is -1.46. The van der Waals surface area contributed by atoms with E-state index in [0.717, 1.165) is 37.5 Å². The lowest BCUT2D eigenvalue weighted by molar-refractivity contribution is 0.175. The van der Waals surface area contributed by atoms with E-state index >= 15 is 0 Å². The molecule has 0 aliphatic carbocycles. The quantitative estimate of drug-likeness (QED) is 0.943. The minimum atomic E-state index is -0.235. The molecule has 1 fully saturated rings. The number of piperazine rings is 1. The van der Waals surface area contributed by atoms with Gasteiger partial charge in [-0.1, -0.05) is 6.07 Å². The zero-order valence-corrected chi connectivity index (χ0v) is 12.9. The molecule has 0 saturated carbocycles. The van der Waals surface area contributed by atoms with Crippen molar-refractivity contribution in [3.05, 3.63) is 29.8 Å². The van der Waals surface area contributed by atoms with E-state index in [4.69, 9.17) is 0 Å². The number of benzene rings is 1. The average Bonchev–Trinajstić information content (AvgIpc) is 2.88. The molecule has 1 aromatic carbocycles. The Labute approximate surface area is 125 Å². The molecule has 1 aliphatic rings. The molecule has 1 unspecified atom stereocenters. The van der Waals surface area contributed by atoms with Crippen molar-refractivity contribution in [3.63, 3.8) is 0 Å². The molecule has 1 atom stereocenters. The van der Waals surface area contributed by atoms with E-state index < -0.39 is 0 Å². The summed E-state index contributed by atoms with van der Waals surface area (Å²) in [6.07, 6.45) is 0. The Kier molecular flexibility index (Phi) is 3.95. The van der Waals surface area contributed by atoms with Gasteiger partial charge >= 0.3 is 0 Å². The predicted molar refractivity (Wildman–Crippen MR) is 82.9 cm³/mol. The summed E-state index contributed by atoms with van der Waals surface area (Å²) in [4.78, 5) is 7.05. The van der Waals surface area contributed by atoms with Crippen LogP contribution in [0.5, 0.6) is 0 Å². The molecule has 0 amide bonds. The van der Waals surface area contributed by atoms with E-state index in [1.54, 1.807) is 6.07 Å². The van der Waals surface area contributed by atoms with Gasteiger partial charge in [0.05, 0.1) is 11.6 Å². The summed E-state index contributed by atoms with van der Waals surface area (Å²) >= 11 is 0. The Balaban J connectivity index is 2.08. The van der Waals surface area contributed by atoms with Crippen LogP contribution in [-0.2, 0) is 0 Å². The molecule has 0 bridgehead atoms. The van der Waals surface area contributed by atoms with Gasteiger partial charge in [-0.2, -0.15) is 0 Å². The predicted octanol–water partition coefficient (Wildman–Crippen LogP) is 2.72. The molecule has 2 aromatic rings. The Bertz CT molecular complexity index is 628. The second kappa shape index (κ2) is 5.73. The minimum Gasteiger partial charge on any atom is -0.324 e. The molecule has 2 heterocycles. The van der Waals surface area contributed by atoms with Crippen LogP contribution in [-0.4, -0.2) is 40.6 Å². The topological polar surface area (TPSA) is 33.1 Å². The highest BCUT2D eigenvalue weighted by molar-refractivity contribution is 5.77. The molecule has 21 heavy (non-hydrogen) atoms. The number of hydrogen-bond donors (Lipinski definition) is 1. The van der Waals surface area contributed by atoms with Crippen molar-refractivity contribution in [1.82, 2.24) is 19.8 Å². The highest BCUT2D eigenvalue weighted by Gasteiger charge is 2.25. The zero-order chi connectivity index (χ0) is 15.0. The van der Waals surface area contributed by atoms with E-state index in [2.05, 4.69) is 40.5 Å². The fourth-order valence-electron chi connectivity index (χ4n) is 3.17. The van der Waals surface area contributed by atoms with Crippen LogP contribution in [0, 0.1) is 5.82 Å². The van der Waals surface area contributed by atoms with Crippen molar-refractivity contribution in [2.24, 2.45) is 0 Å². The molecule has 4 nitrogen and oxygen atoms in total. The van der Waals surface area contributed by atoms with Crippen molar-refractivity contribution in [2.75, 3.05) is 26.2 Å². The third-order valence-corrected chi connectivity index (χ3v) is 4.29. The molecule has 1 saturated heterocycles. The Morgan fingerprint density at radius 2 is 1.90 bits per heavy atom. The molecule has 5 heteroatoms. The maximum Gasteiger partial charge on any atom is 0.151 e. The van der Waals surface area contributed by atoms with Crippen LogP contribution in [0.15, 0.2) is 18.2 Å². The van der Waals surface area contributed by atoms with E-state index in [9.17, 15) is 4.39 Å². The first-order valence-corrected chi connectivity index (χ1v) is 7.70. The van der Waals surface area contributed by atoms with Gasteiger partial charge in [0, 0.05) is 32.2 Å². The first-order chi connectivity index (χ1) is 10.1. The van der Waals surface area contributed by atoms with E-state index in [1.807, 2.05) is 6.07 Å². The zero-order valence-electron chi connectivity index (χ0n) is 12.9. The SMILES string of the molecule is CC(c1nc2c(F)cccc2n1C(C)C)N1CCNCC1. The molecule has 0 spiro atoms. The lowest BCUT2D eigenvalue weighted by atomic mass is 10.2. The van der Waals surface area contributed by atoms with Gasteiger partial charge in [0.2, 0.25) is 0 Å². The monoisotopic (exact) mass is 290 g/mol. The van der Waals surface area contributed by atoms with Gasteiger partial charge in [-0.3, -0.25) is 4.90 Å². The number of imidazole rings is 1. The maximum absolute atomic E-state index is 14.0. The number of fused-ring (bicyclic) bond motifs is 1. The van der Waals surface area contributed by atoms with Gasteiger partial charge < -0.3 is 9.88 Å². The van der Waals surface area contributed by atoms with Crippen molar-refractivity contribution in [2.45, 2.75) is 32.9 Å². The van der Waals surface area contributed by atoms with Gasteiger partial charge in [0.1, 0.15) is 11.3 Å². The van der Waals surface area contributed by atoms with Gasteiger partial charge in [0.15, 0.2) is 5.82 Å². The summed E-state index contributed by atoms with van der Waals surface area (Å²) in [5, 5.41) is 3.37. The number of nitrogens with zero attached hydrogens (tertiary/aromatic N) is 3. The fourth-order valence-corrected chi connectivity index (χ4v) is 3.17. The summed E-state index contributed by atoms with van der Waals surface area (Å²) in [7, 11) is 0.